The molecule has 9 heteroatoms. The third-order valence-electron chi connectivity index (χ3n) is 3.72. The van der Waals surface area contributed by atoms with E-state index in [9.17, 15) is 23.1 Å². The highest BCUT2D eigenvalue weighted by Crippen LogP contribution is 2.23. The van der Waals surface area contributed by atoms with Gasteiger partial charge in [-0.15, -0.1) is 0 Å². The average molecular weight is 386 g/mol. The van der Waals surface area contributed by atoms with Crippen molar-refractivity contribution >= 4 is 22.1 Å². The van der Waals surface area contributed by atoms with Gasteiger partial charge in [0.2, 0.25) is 15.7 Å². The van der Waals surface area contributed by atoms with Crippen molar-refractivity contribution in [1.29, 1.82) is 0 Å². The number of rotatable bonds is 8. The number of ether oxygens (including phenoxy) is 1. The van der Waals surface area contributed by atoms with E-state index in [1.54, 1.807) is 26.0 Å². The summed E-state index contributed by atoms with van der Waals surface area (Å²) in [5.74, 6) is -1.56. The molecule has 0 aliphatic carbocycles. The Hall–Kier alpha value is -2.13. The number of hydrogen-bond donors (Lipinski definition) is 3. The van der Waals surface area contributed by atoms with Crippen LogP contribution in [0.2, 0.25) is 0 Å². The minimum Gasteiger partial charge on any atom is -0.478 e. The summed E-state index contributed by atoms with van der Waals surface area (Å²) in [6, 6.07) is 3.37. The molecule has 3 N–H and O–H groups in total. The van der Waals surface area contributed by atoms with E-state index < -0.39 is 27.7 Å². The Morgan fingerprint density at radius 3 is 2.19 bits per heavy atom. The quantitative estimate of drug-likeness (QED) is 0.465. The Morgan fingerprint density at radius 1 is 1.19 bits per heavy atom. The van der Waals surface area contributed by atoms with Gasteiger partial charge in [0.15, 0.2) is 0 Å². The van der Waals surface area contributed by atoms with Gasteiger partial charge in [-0.25, -0.2) is 18.0 Å². The summed E-state index contributed by atoms with van der Waals surface area (Å²) >= 11 is 0. The standard InChI is InChI=1S/C17H26N2O6S/c1-6-7-8-25-16(22)18-17(5,15(20)21)19-26(23,24)14-12(3)9-11(2)10-13(14)4/h9-10,19H,6-8H2,1-5H3,(H,18,22)(H,20,21). The van der Waals surface area contributed by atoms with Crippen molar-refractivity contribution < 1.29 is 27.9 Å². The highest BCUT2D eigenvalue weighted by Gasteiger charge is 2.40. The predicted octanol–water partition coefficient (Wildman–Crippen LogP) is 2.22. The number of aliphatic carboxylic acids is 1. The van der Waals surface area contributed by atoms with Gasteiger partial charge >= 0.3 is 12.1 Å². The monoisotopic (exact) mass is 386 g/mol. The molecule has 0 saturated heterocycles. The lowest BCUT2D eigenvalue weighted by Gasteiger charge is -2.27. The molecular weight excluding hydrogens is 360 g/mol. The molecule has 0 aliphatic heterocycles. The first kappa shape index (κ1) is 21.9. The fraction of sp³-hybridized carbons (Fsp3) is 0.529. The second kappa shape index (κ2) is 8.50. The summed E-state index contributed by atoms with van der Waals surface area (Å²) in [4.78, 5) is 23.4. The van der Waals surface area contributed by atoms with Crippen molar-refractivity contribution in [2.45, 2.75) is 58.0 Å². The summed E-state index contributed by atoms with van der Waals surface area (Å²) in [7, 11) is -4.21. The van der Waals surface area contributed by atoms with Crippen LogP contribution in [-0.4, -0.2) is 37.9 Å². The van der Waals surface area contributed by atoms with Crippen LogP contribution in [0.3, 0.4) is 0 Å². The number of benzene rings is 1. The molecule has 26 heavy (non-hydrogen) atoms. The Bertz CT molecular complexity index is 767. The lowest BCUT2D eigenvalue weighted by molar-refractivity contribution is -0.144. The number of carboxylic acid groups (broad SMARTS) is 1. The molecule has 1 unspecified atom stereocenters. The number of aryl methyl sites for hydroxylation is 3. The van der Waals surface area contributed by atoms with Crippen LogP contribution in [0, 0.1) is 20.8 Å². The first-order valence-electron chi connectivity index (χ1n) is 8.23. The van der Waals surface area contributed by atoms with E-state index in [-0.39, 0.29) is 11.5 Å². The Kier molecular flexibility index (Phi) is 7.16. The van der Waals surface area contributed by atoms with E-state index in [2.05, 4.69) is 10.0 Å². The van der Waals surface area contributed by atoms with Crippen molar-refractivity contribution in [2.75, 3.05) is 6.61 Å². The molecule has 0 spiro atoms. The summed E-state index contributed by atoms with van der Waals surface area (Å²) < 4.78 is 32.5. The van der Waals surface area contributed by atoms with Gasteiger partial charge in [0.1, 0.15) is 0 Å². The Balaban J connectivity index is 3.13. The van der Waals surface area contributed by atoms with Gasteiger partial charge in [-0.05, 0) is 45.2 Å². The largest absolute Gasteiger partial charge is 0.478 e. The molecule has 0 fully saturated rings. The smallest absolute Gasteiger partial charge is 0.409 e. The second-order valence-electron chi connectivity index (χ2n) is 6.38. The number of nitrogens with one attached hydrogen (secondary N) is 2. The summed E-state index contributed by atoms with van der Waals surface area (Å²) in [5, 5.41) is 11.5. The molecule has 1 amide bonds. The summed E-state index contributed by atoms with van der Waals surface area (Å²) in [6.45, 7) is 8.15. The molecule has 0 saturated carbocycles. The van der Waals surface area contributed by atoms with Crippen molar-refractivity contribution in [1.82, 2.24) is 10.0 Å². The highest BCUT2D eigenvalue weighted by atomic mass is 32.2. The molecule has 1 aromatic carbocycles. The van der Waals surface area contributed by atoms with E-state index in [0.717, 1.165) is 18.9 Å². The molecule has 1 aromatic rings. The van der Waals surface area contributed by atoms with Gasteiger partial charge in [-0.2, -0.15) is 4.72 Å². The van der Waals surface area contributed by atoms with Gasteiger partial charge in [0, 0.05) is 0 Å². The van der Waals surface area contributed by atoms with E-state index >= 15 is 0 Å². The van der Waals surface area contributed by atoms with Crippen LogP contribution < -0.4 is 10.0 Å². The molecule has 0 aliphatic rings. The van der Waals surface area contributed by atoms with E-state index in [1.165, 1.54) is 0 Å². The van der Waals surface area contributed by atoms with E-state index in [1.807, 2.05) is 13.8 Å². The zero-order chi connectivity index (χ0) is 20.1. The zero-order valence-electron chi connectivity index (χ0n) is 15.7. The van der Waals surface area contributed by atoms with Gasteiger partial charge < -0.3 is 9.84 Å². The maximum atomic E-state index is 12.8. The van der Waals surface area contributed by atoms with Crippen molar-refractivity contribution in [3.05, 3.63) is 28.8 Å². The minimum absolute atomic E-state index is 0.0169. The van der Waals surface area contributed by atoms with Crippen LogP contribution in [0.5, 0.6) is 0 Å². The molecule has 0 aromatic heterocycles. The maximum Gasteiger partial charge on any atom is 0.409 e. The molecule has 1 rings (SSSR count). The summed E-state index contributed by atoms with van der Waals surface area (Å²) in [5.41, 5.74) is -0.412. The van der Waals surface area contributed by atoms with Gasteiger partial charge in [0.05, 0.1) is 11.5 Å². The lowest BCUT2D eigenvalue weighted by Crippen LogP contribution is -2.63. The molecule has 0 radical (unpaired) electrons. The van der Waals surface area contributed by atoms with E-state index in [4.69, 9.17) is 4.74 Å². The van der Waals surface area contributed by atoms with Crippen molar-refractivity contribution in [3.63, 3.8) is 0 Å². The molecule has 146 valence electrons. The number of unbranched alkanes of at least 4 members (excludes halogenated alkanes) is 1. The predicted molar refractivity (Wildman–Crippen MR) is 96.4 cm³/mol. The zero-order valence-corrected chi connectivity index (χ0v) is 16.5. The SMILES string of the molecule is CCCCOC(=O)NC(C)(NS(=O)(=O)c1c(C)cc(C)cc1C)C(=O)O. The Morgan fingerprint density at radius 2 is 1.73 bits per heavy atom. The number of alkyl carbamates (subject to hydrolysis) is 1. The van der Waals surface area contributed by atoms with Gasteiger partial charge in [-0.3, -0.25) is 5.32 Å². The Labute approximate surface area is 154 Å². The lowest BCUT2D eigenvalue weighted by atomic mass is 10.1. The van der Waals surface area contributed by atoms with Crippen LogP contribution in [0.25, 0.3) is 0 Å². The number of carbonyl (C=O) groups excluding carboxylic acids is 1. The van der Waals surface area contributed by atoms with Crippen LogP contribution in [-0.2, 0) is 19.6 Å². The fourth-order valence-corrected chi connectivity index (χ4v) is 4.33. The fourth-order valence-electron chi connectivity index (χ4n) is 2.58. The van der Waals surface area contributed by atoms with Gasteiger partial charge in [0.25, 0.3) is 0 Å². The average Bonchev–Trinajstić information content (AvgIpc) is 2.44. The van der Waals surface area contributed by atoms with Crippen molar-refractivity contribution in [2.24, 2.45) is 0 Å². The van der Waals surface area contributed by atoms with Crippen LogP contribution in [0.15, 0.2) is 17.0 Å². The third-order valence-corrected chi connectivity index (χ3v) is 5.58. The molecule has 0 heterocycles. The molecule has 1 atom stereocenters. The number of carboxylic acids is 1. The normalized spacial score (nSPS) is 13.7. The summed E-state index contributed by atoms with van der Waals surface area (Å²) in [6.07, 6.45) is 0.399. The highest BCUT2D eigenvalue weighted by molar-refractivity contribution is 7.89. The van der Waals surface area contributed by atoms with Crippen molar-refractivity contribution in [3.8, 4) is 0 Å². The minimum atomic E-state index is -4.21. The van der Waals surface area contributed by atoms with Crippen LogP contribution in [0.4, 0.5) is 4.79 Å². The van der Waals surface area contributed by atoms with Crippen LogP contribution in [0.1, 0.15) is 43.4 Å². The second-order valence-corrected chi connectivity index (χ2v) is 8.00. The first-order chi connectivity index (χ1) is 11.9. The number of hydrogen-bond acceptors (Lipinski definition) is 5. The van der Waals surface area contributed by atoms with Gasteiger partial charge in [-0.1, -0.05) is 31.0 Å². The van der Waals surface area contributed by atoms with E-state index in [0.29, 0.717) is 17.5 Å². The van der Waals surface area contributed by atoms with Crippen LogP contribution >= 0.6 is 0 Å². The number of amides is 1. The first-order valence-corrected chi connectivity index (χ1v) is 9.71. The maximum absolute atomic E-state index is 12.8. The molecule has 8 nitrogen and oxygen atoms in total. The number of carbonyl (C=O) groups is 2. The third kappa shape index (κ3) is 5.43. The number of sulfonamides is 1. The topological polar surface area (TPSA) is 122 Å². The molecule has 0 bridgehead atoms. The molecular formula is C17H26N2O6S.